The third-order valence-corrected chi connectivity index (χ3v) is 15.7. The number of esters is 3. The first-order valence-electron chi connectivity index (χ1n) is 35.4. The van der Waals surface area contributed by atoms with Gasteiger partial charge in [-0.3, -0.25) is 14.4 Å². The molecule has 0 aliphatic carbocycles. The molecule has 0 aliphatic heterocycles. The molecule has 0 heterocycles. The van der Waals surface area contributed by atoms with Crippen LogP contribution in [0.25, 0.3) is 0 Å². The van der Waals surface area contributed by atoms with Crippen LogP contribution in [0.4, 0.5) is 0 Å². The predicted octanol–water partition coefficient (Wildman–Crippen LogP) is 24.4. The van der Waals surface area contributed by atoms with Crippen LogP contribution in [0.2, 0.25) is 0 Å². The Bertz CT molecular complexity index is 1490. The third kappa shape index (κ3) is 67.5. The second kappa shape index (κ2) is 69.3. The fraction of sp³-hybridized carbons (Fsp3) is 0.800. The molecule has 6 nitrogen and oxygen atoms in total. The largest absolute Gasteiger partial charge is 0.462 e. The van der Waals surface area contributed by atoms with Crippen molar-refractivity contribution in [1.82, 2.24) is 0 Å². The van der Waals surface area contributed by atoms with Crippen LogP contribution in [0.15, 0.2) is 72.9 Å². The van der Waals surface area contributed by atoms with Gasteiger partial charge in [0, 0.05) is 19.3 Å². The van der Waals surface area contributed by atoms with Gasteiger partial charge in [-0.05, 0) is 89.9 Å². The lowest BCUT2D eigenvalue weighted by atomic mass is 10.0. The van der Waals surface area contributed by atoms with Crippen molar-refractivity contribution in [2.45, 2.75) is 374 Å². The van der Waals surface area contributed by atoms with Crippen molar-refractivity contribution in [3.05, 3.63) is 72.9 Å². The number of unbranched alkanes of at least 4 members (excludes halogenated alkanes) is 42. The number of carbonyl (C=O) groups excluding carboxylic acids is 3. The molecule has 0 saturated carbocycles. The molecule has 0 aromatic carbocycles. The molecule has 0 aromatic rings. The number of hydrogen-bond acceptors (Lipinski definition) is 6. The number of carbonyl (C=O) groups is 3. The molecule has 0 saturated heterocycles. The molecule has 0 aliphatic rings. The van der Waals surface area contributed by atoms with E-state index in [2.05, 4.69) is 93.7 Å². The summed E-state index contributed by atoms with van der Waals surface area (Å²) >= 11 is 0. The Kier molecular flexibility index (Phi) is 66.6. The summed E-state index contributed by atoms with van der Waals surface area (Å²) in [7, 11) is 0. The zero-order chi connectivity index (χ0) is 58.5. The van der Waals surface area contributed by atoms with Gasteiger partial charge in [-0.2, -0.15) is 0 Å². The molecule has 1 atom stereocenters. The van der Waals surface area contributed by atoms with Gasteiger partial charge in [0.15, 0.2) is 6.10 Å². The van der Waals surface area contributed by atoms with Crippen molar-refractivity contribution >= 4 is 17.9 Å². The van der Waals surface area contributed by atoms with Gasteiger partial charge in [0.05, 0.1) is 0 Å². The highest BCUT2D eigenvalue weighted by Gasteiger charge is 2.19. The highest BCUT2D eigenvalue weighted by Crippen LogP contribution is 2.18. The summed E-state index contributed by atoms with van der Waals surface area (Å²) in [5.74, 6) is -0.903. The average Bonchev–Trinajstić information content (AvgIpc) is 3.47. The molecule has 1 unspecified atom stereocenters. The van der Waals surface area contributed by atoms with Crippen LogP contribution in [0.5, 0.6) is 0 Å². The molecule has 0 bridgehead atoms. The summed E-state index contributed by atoms with van der Waals surface area (Å²) in [6.07, 6.45) is 90.8. The van der Waals surface area contributed by atoms with Gasteiger partial charge in [-0.15, -0.1) is 0 Å². The van der Waals surface area contributed by atoms with E-state index in [1.807, 2.05) is 0 Å². The van der Waals surface area contributed by atoms with Crippen LogP contribution in [0.3, 0.4) is 0 Å². The van der Waals surface area contributed by atoms with Gasteiger partial charge in [0.2, 0.25) is 0 Å². The van der Waals surface area contributed by atoms with Gasteiger partial charge in [0.1, 0.15) is 13.2 Å². The van der Waals surface area contributed by atoms with E-state index in [0.29, 0.717) is 19.3 Å². The first-order valence-corrected chi connectivity index (χ1v) is 35.4. The van der Waals surface area contributed by atoms with Gasteiger partial charge in [-0.1, -0.05) is 331 Å². The minimum atomic E-state index is -0.795. The molecular weight excluding hydrogens is 997 g/mol. The predicted molar refractivity (Wildman–Crippen MR) is 353 cm³/mol. The fourth-order valence-corrected chi connectivity index (χ4v) is 10.4. The van der Waals surface area contributed by atoms with Gasteiger partial charge in [-0.25, -0.2) is 0 Å². The molecule has 0 N–H and O–H groups in total. The van der Waals surface area contributed by atoms with E-state index in [4.69, 9.17) is 14.2 Å². The second-order valence-corrected chi connectivity index (χ2v) is 23.8. The van der Waals surface area contributed by atoms with E-state index in [1.54, 1.807) is 0 Å². The fourth-order valence-electron chi connectivity index (χ4n) is 10.4. The molecular formula is C75H134O6. The van der Waals surface area contributed by atoms with Gasteiger partial charge < -0.3 is 14.2 Å². The van der Waals surface area contributed by atoms with E-state index < -0.39 is 6.10 Å². The molecule has 0 aromatic heterocycles. The lowest BCUT2D eigenvalue weighted by Crippen LogP contribution is -2.30. The smallest absolute Gasteiger partial charge is 0.306 e. The van der Waals surface area contributed by atoms with Gasteiger partial charge >= 0.3 is 17.9 Å². The Balaban J connectivity index is 4.32. The van der Waals surface area contributed by atoms with E-state index in [9.17, 15) is 14.4 Å². The second-order valence-electron chi connectivity index (χ2n) is 23.8. The van der Waals surface area contributed by atoms with Crippen molar-refractivity contribution < 1.29 is 28.6 Å². The topological polar surface area (TPSA) is 78.9 Å². The van der Waals surface area contributed by atoms with Crippen molar-refractivity contribution in [3.8, 4) is 0 Å². The number of rotatable bonds is 65. The lowest BCUT2D eigenvalue weighted by molar-refractivity contribution is -0.167. The summed E-state index contributed by atoms with van der Waals surface area (Å²) in [6.45, 7) is 6.55. The average molecular weight is 1130 g/mol. The molecule has 0 rings (SSSR count). The molecule has 0 amide bonds. The minimum Gasteiger partial charge on any atom is -0.462 e. The zero-order valence-electron chi connectivity index (χ0n) is 54.1. The van der Waals surface area contributed by atoms with E-state index in [1.165, 1.54) is 231 Å². The first-order chi connectivity index (χ1) is 40.0. The van der Waals surface area contributed by atoms with Crippen LogP contribution in [-0.4, -0.2) is 37.2 Å². The Morgan fingerprint density at radius 2 is 0.481 bits per heavy atom. The normalized spacial score (nSPS) is 12.5. The van der Waals surface area contributed by atoms with Crippen molar-refractivity contribution in [2.75, 3.05) is 13.2 Å². The number of ether oxygens (including phenoxy) is 3. The summed E-state index contributed by atoms with van der Waals surface area (Å²) < 4.78 is 17.0. The molecule has 470 valence electrons. The van der Waals surface area contributed by atoms with Gasteiger partial charge in [0.25, 0.3) is 0 Å². The van der Waals surface area contributed by atoms with Crippen LogP contribution in [0, 0.1) is 0 Å². The highest BCUT2D eigenvalue weighted by molar-refractivity contribution is 5.71. The van der Waals surface area contributed by atoms with E-state index in [0.717, 1.165) is 96.3 Å². The van der Waals surface area contributed by atoms with Crippen molar-refractivity contribution in [1.29, 1.82) is 0 Å². The maximum atomic E-state index is 12.9. The van der Waals surface area contributed by atoms with Crippen molar-refractivity contribution in [2.24, 2.45) is 0 Å². The van der Waals surface area contributed by atoms with Crippen LogP contribution >= 0.6 is 0 Å². The Morgan fingerprint density at radius 1 is 0.259 bits per heavy atom. The summed E-state index contributed by atoms with van der Waals surface area (Å²) in [6, 6.07) is 0. The van der Waals surface area contributed by atoms with Crippen LogP contribution < -0.4 is 0 Å². The monoisotopic (exact) mass is 1130 g/mol. The third-order valence-electron chi connectivity index (χ3n) is 15.7. The Labute approximate surface area is 503 Å². The highest BCUT2D eigenvalue weighted by atomic mass is 16.6. The summed E-state index contributed by atoms with van der Waals surface area (Å²) in [5.41, 5.74) is 0. The number of hydrogen-bond donors (Lipinski definition) is 0. The quantitative estimate of drug-likeness (QED) is 0.0261. The standard InChI is InChI=1S/C75H134O6/c1-4-7-10-13-16-19-22-25-28-31-33-34-35-36-37-38-39-40-42-44-47-50-53-56-59-62-65-68-74(77)80-71-72(70-79-73(76)67-64-61-58-55-52-49-46-43-30-27-24-21-18-15-12-9-6-3)81-75(78)69-66-63-60-57-54-51-48-45-41-32-29-26-23-20-17-14-11-8-5-2/h8,11,17,20,26-27,29-30,41,45,51,54,72H,4-7,9-10,12-16,18-19,21-25,28,31-40,42-44,46-50,52-53,55-71H2,1-3H3/b11-8-,20-17-,29-26-,30-27-,45-41-,54-51-. The van der Waals surface area contributed by atoms with Crippen LogP contribution in [-0.2, 0) is 28.6 Å². The maximum Gasteiger partial charge on any atom is 0.306 e. The van der Waals surface area contributed by atoms with Crippen LogP contribution in [0.1, 0.15) is 367 Å². The SMILES string of the molecule is CC/C=C\C/C=C\C/C=C\C/C=C\C/C=C\CCCCCC(=O)OC(COC(=O)CCCCCCCCC/C=C\CCCCCCCC)COC(=O)CCCCCCCCCCCCCCCCCCCCCCCCCCCCC. The Hall–Kier alpha value is -3.15. The molecule has 0 spiro atoms. The summed E-state index contributed by atoms with van der Waals surface area (Å²) in [5, 5.41) is 0. The zero-order valence-corrected chi connectivity index (χ0v) is 54.1. The molecule has 6 heteroatoms. The molecule has 0 radical (unpaired) electrons. The van der Waals surface area contributed by atoms with E-state index in [-0.39, 0.29) is 31.1 Å². The number of allylic oxidation sites excluding steroid dienone is 12. The summed E-state index contributed by atoms with van der Waals surface area (Å²) in [4.78, 5) is 38.4. The van der Waals surface area contributed by atoms with Crippen molar-refractivity contribution in [3.63, 3.8) is 0 Å². The Morgan fingerprint density at radius 3 is 0.778 bits per heavy atom. The maximum absolute atomic E-state index is 12.9. The van der Waals surface area contributed by atoms with E-state index >= 15 is 0 Å². The molecule has 81 heavy (non-hydrogen) atoms. The lowest BCUT2D eigenvalue weighted by Gasteiger charge is -2.18. The first kappa shape index (κ1) is 77.9. The minimum absolute atomic E-state index is 0.0870. The molecule has 0 fully saturated rings.